The number of rotatable bonds is 6. The Morgan fingerprint density at radius 3 is 2.63 bits per heavy atom. The second kappa shape index (κ2) is 7.27. The van der Waals surface area contributed by atoms with Gasteiger partial charge in [0.25, 0.3) is 0 Å². The van der Waals surface area contributed by atoms with Crippen LogP contribution in [0.25, 0.3) is 0 Å². The van der Waals surface area contributed by atoms with Gasteiger partial charge in [0.1, 0.15) is 5.82 Å². The summed E-state index contributed by atoms with van der Waals surface area (Å²) in [5.74, 6) is -0.204. The number of hydrogen-bond acceptors (Lipinski definition) is 3. The molecule has 2 N–H and O–H groups in total. The van der Waals surface area contributed by atoms with Crippen LogP contribution in [0, 0.1) is 5.82 Å². The number of aliphatic hydroxyl groups excluding tert-OH is 1. The van der Waals surface area contributed by atoms with Crippen LogP contribution in [0.15, 0.2) is 23.1 Å². The first kappa shape index (κ1) is 16.5. The van der Waals surface area contributed by atoms with Gasteiger partial charge in [0, 0.05) is 28.8 Å². The summed E-state index contributed by atoms with van der Waals surface area (Å²) in [6, 6.07) is 4.91. The zero-order valence-electron chi connectivity index (χ0n) is 12.2. The van der Waals surface area contributed by atoms with E-state index in [1.165, 1.54) is 6.07 Å². The lowest BCUT2D eigenvalue weighted by molar-refractivity contribution is 0.289. The van der Waals surface area contributed by atoms with Crippen LogP contribution in [0.4, 0.5) is 4.39 Å². The van der Waals surface area contributed by atoms with Crippen LogP contribution < -0.4 is 5.32 Å². The fraction of sp³-hybridized carbons (Fsp3) is 0.600. The van der Waals surface area contributed by atoms with Gasteiger partial charge in [0.2, 0.25) is 0 Å². The van der Waals surface area contributed by atoms with Gasteiger partial charge in [-0.1, -0.05) is 6.92 Å². The third-order valence-corrected chi connectivity index (χ3v) is 3.99. The average molecular weight is 285 g/mol. The number of halogens is 1. The number of benzene rings is 1. The molecule has 0 radical (unpaired) electrons. The summed E-state index contributed by atoms with van der Waals surface area (Å²) in [6.07, 6.45) is 0.744. The van der Waals surface area contributed by atoms with Gasteiger partial charge >= 0.3 is 0 Å². The van der Waals surface area contributed by atoms with E-state index in [4.69, 9.17) is 5.11 Å². The predicted octanol–water partition coefficient (Wildman–Crippen LogP) is 3.58. The van der Waals surface area contributed by atoms with Crippen LogP contribution in [-0.2, 0) is 6.54 Å². The number of hydrogen-bond donors (Lipinski definition) is 2. The Labute approximate surface area is 119 Å². The van der Waals surface area contributed by atoms with Crippen molar-refractivity contribution < 1.29 is 9.50 Å². The Hall–Kier alpha value is -0.580. The van der Waals surface area contributed by atoms with E-state index >= 15 is 0 Å². The molecular weight excluding hydrogens is 261 g/mol. The van der Waals surface area contributed by atoms with Gasteiger partial charge in [-0.2, -0.15) is 0 Å². The zero-order chi connectivity index (χ0) is 14.5. The number of aliphatic hydroxyl groups is 1. The highest BCUT2D eigenvalue weighted by Gasteiger charge is 2.13. The molecule has 0 heterocycles. The van der Waals surface area contributed by atoms with Crippen molar-refractivity contribution in [3.8, 4) is 0 Å². The molecule has 4 heteroatoms. The van der Waals surface area contributed by atoms with Crippen molar-refractivity contribution >= 4 is 11.8 Å². The molecule has 0 aromatic heterocycles. The molecule has 0 bridgehead atoms. The minimum Gasteiger partial charge on any atom is -0.396 e. The van der Waals surface area contributed by atoms with E-state index in [0.717, 1.165) is 16.9 Å². The lowest BCUT2D eigenvalue weighted by atomic mass is 10.1. The molecule has 0 aliphatic carbocycles. The van der Waals surface area contributed by atoms with E-state index in [0.29, 0.717) is 11.8 Å². The molecule has 1 atom stereocenters. The maximum absolute atomic E-state index is 13.4. The molecule has 1 aromatic carbocycles. The van der Waals surface area contributed by atoms with Crippen LogP contribution in [0.3, 0.4) is 0 Å². The van der Waals surface area contributed by atoms with Crippen LogP contribution in [0.2, 0.25) is 0 Å². The normalized spacial score (nSPS) is 13.6. The molecule has 0 fully saturated rings. The van der Waals surface area contributed by atoms with Crippen molar-refractivity contribution in [2.75, 3.05) is 6.61 Å². The predicted molar refractivity (Wildman–Crippen MR) is 80.0 cm³/mol. The first-order valence-corrected chi connectivity index (χ1v) is 7.51. The summed E-state index contributed by atoms with van der Waals surface area (Å²) >= 11 is 1.69. The molecule has 108 valence electrons. The molecule has 1 aromatic rings. The van der Waals surface area contributed by atoms with Crippen molar-refractivity contribution in [3.63, 3.8) is 0 Å². The second-order valence-corrected chi connectivity index (χ2v) is 7.28. The first-order chi connectivity index (χ1) is 8.81. The number of nitrogens with one attached hydrogen (secondary N) is 1. The second-order valence-electron chi connectivity index (χ2n) is 5.80. The Balaban J connectivity index is 2.79. The van der Waals surface area contributed by atoms with E-state index in [-0.39, 0.29) is 18.0 Å². The Morgan fingerprint density at radius 2 is 2.05 bits per heavy atom. The first-order valence-electron chi connectivity index (χ1n) is 6.63. The van der Waals surface area contributed by atoms with Crippen LogP contribution in [0.1, 0.15) is 39.7 Å². The standard InChI is InChI=1S/C15H24FNOS/c1-11(7-8-18)19-14-6-5-13(16)9-12(14)10-17-15(2,3)4/h5-6,9,11,17-18H,7-8,10H2,1-4H3. The van der Waals surface area contributed by atoms with Crippen molar-refractivity contribution in [1.82, 2.24) is 5.32 Å². The highest BCUT2D eigenvalue weighted by molar-refractivity contribution is 8.00. The lowest BCUT2D eigenvalue weighted by Crippen LogP contribution is -2.35. The van der Waals surface area contributed by atoms with Gasteiger partial charge in [-0.25, -0.2) is 4.39 Å². The van der Waals surface area contributed by atoms with Crippen LogP contribution >= 0.6 is 11.8 Å². The van der Waals surface area contributed by atoms with Gasteiger partial charge in [-0.05, 0) is 51.0 Å². The molecule has 0 saturated carbocycles. The van der Waals surface area contributed by atoms with Crippen molar-refractivity contribution in [1.29, 1.82) is 0 Å². The van der Waals surface area contributed by atoms with Crippen molar-refractivity contribution in [2.24, 2.45) is 0 Å². The molecule has 1 rings (SSSR count). The summed E-state index contributed by atoms with van der Waals surface area (Å²) in [5.41, 5.74) is 0.982. The summed E-state index contributed by atoms with van der Waals surface area (Å²) in [7, 11) is 0. The fourth-order valence-electron chi connectivity index (χ4n) is 1.62. The smallest absolute Gasteiger partial charge is 0.123 e. The Bertz CT molecular complexity index is 404. The molecule has 0 aliphatic rings. The third-order valence-electron chi connectivity index (χ3n) is 2.70. The summed E-state index contributed by atoms with van der Waals surface area (Å²) in [4.78, 5) is 1.08. The topological polar surface area (TPSA) is 32.3 Å². The molecule has 1 unspecified atom stereocenters. The monoisotopic (exact) mass is 285 g/mol. The fourth-order valence-corrected chi connectivity index (χ4v) is 2.70. The highest BCUT2D eigenvalue weighted by atomic mass is 32.2. The van der Waals surface area contributed by atoms with E-state index in [1.54, 1.807) is 17.8 Å². The Morgan fingerprint density at radius 1 is 1.37 bits per heavy atom. The van der Waals surface area contributed by atoms with E-state index < -0.39 is 0 Å². The van der Waals surface area contributed by atoms with Gasteiger partial charge in [0.15, 0.2) is 0 Å². The van der Waals surface area contributed by atoms with Gasteiger partial charge in [-0.15, -0.1) is 11.8 Å². The average Bonchev–Trinajstić information content (AvgIpc) is 2.29. The van der Waals surface area contributed by atoms with Gasteiger partial charge in [-0.3, -0.25) is 0 Å². The molecule has 0 amide bonds. The van der Waals surface area contributed by atoms with Crippen LogP contribution in [-0.4, -0.2) is 22.5 Å². The lowest BCUT2D eigenvalue weighted by Gasteiger charge is -2.22. The third kappa shape index (κ3) is 6.41. The summed E-state index contributed by atoms with van der Waals surface area (Å²) in [5, 5.41) is 12.7. The molecule has 0 aliphatic heterocycles. The Kier molecular flexibility index (Phi) is 6.30. The molecule has 0 spiro atoms. The largest absolute Gasteiger partial charge is 0.396 e. The number of thioether (sulfide) groups is 1. The minimum absolute atomic E-state index is 0.00493. The maximum atomic E-state index is 13.4. The zero-order valence-corrected chi connectivity index (χ0v) is 13.0. The van der Waals surface area contributed by atoms with E-state index in [9.17, 15) is 4.39 Å². The van der Waals surface area contributed by atoms with Crippen LogP contribution in [0.5, 0.6) is 0 Å². The maximum Gasteiger partial charge on any atom is 0.123 e. The molecular formula is C15H24FNOS. The molecule has 0 saturated heterocycles. The molecule has 2 nitrogen and oxygen atoms in total. The highest BCUT2D eigenvalue weighted by Crippen LogP contribution is 2.29. The molecule has 19 heavy (non-hydrogen) atoms. The van der Waals surface area contributed by atoms with E-state index in [2.05, 4.69) is 33.0 Å². The van der Waals surface area contributed by atoms with Gasteiger partial charge < -0.3 is 10.4 Å². The van der Waals surface area contributed by atoms with Gasteiger partial charge in [0.05, 0.1) is 0 Å². The summed E-state index contributed by atoms with van der Waals surface area (Å²) < 4.78 is 13.4. The summed E-state index contributed by atoms with van der Waals surface area (Å²) in [6.45, 7) is 9.18. The minimum atomic E-state index is -0.204. The van der Waals surface area contributed by atoms with E-state index in [1.807, 2.05) is 6.07 Å². The SMILES string of the molecule is CC(CCO)Sc1ccc(F)cc1CNC(C)(C)C. The van der Waals surface area contributed by atoms with Crippen molar-refractivity contribution in [3.05, 3.63) is 29.6 Å². The van der Waals surface area contributed by atoms with Crippen molar-refractivity contribution in [2.45, 2.75) is 56.3 Å². The quantitative estimate of drug-likeness (QED) is 0.784.